The highest BCUT2D eigenvalue weighted by atomic mass is 16.6. The minimum atomic E-state index is -0.508. The first-order chi connectivity index (χ1) is 10.0. The number of likely N-dealkylation sites (tertiary alicyclic amines) is 1. The van der Waals surface area contributed by atoms with E-state index < -0.39 is 4.92 Å². The second-order valence-corrected chi connectivity index (χ2v) is 5.44. The van der Waals surface area contributed by atoms with Crippen LogP contribution in [0.1, 0.15) is 41.6 Å². The molecule has 0 radical (unpaired) electrons. The highest BCUT2D eigenvalue weighted by Gasteiger charge is 2.32. The van der Waals surface area contributed by atoms with E-state index in [2.05, 4.69) is 0 Å². The summed E-state index contributed by atoms with van der Waals surface area (Å²) in [5, 5.41) is 20.0. The molecule has 1 amide bonds. The van der Waals surface area contributed by atoms with Crippen LogP contribution in [0.15, 0.2) is 18.2 Å². The van der Waals surface area contributed by atoms with Crippen LogP contribution in [-0.4, -0.2) is 40.0 Å². The average molecular weight is 292 g/mol. The zero-order chi connectivity index (χ0) is 15.4. The zero-order valence-electron chi connectivity index (χ0n) is 12.1. The van der Waals surface area contributed by atoms with Gasteiger partial charge in [0, 0.05) is 25.3 Å². The lowest BCUT2D eigenvalue weighted by atomic mass is 10.1. The number of nitro groups is 1. The van der Waals surface area contributed by atoms with Crippen molar-refractivity contribution in [2.75, 3.05) is 13.2 Å². The molecule has 1 aliphatic heterocycles. The van der Waals surface area contributed by atoms with Crippen LogP contribution in [-0.2, 0) is 0 Å². The van der Waals surface area contributed by atoms with Crippen molar-refractivity contribution >= 4 is 11.6 Å². The molecule has 0 aromatic heterocycles. The number of nitro benzene ring substituents is 1. The molecule has 1 unspecified atom stereocenters. The van der Waals surface area contributed by atoms with Crippen molar-refractivity contribution in [1.29, 1.82) is 0 Å². The van der Waals surface area contributed by atoms with Gasteiger partial charge in [0.1, 0.15) is 5.56 Å². The van der Waals surface area contributed by atoms with E-state index in [-0.39, 0.29) is 29.8 Å². The normalized spacial score (nSPS) is 18.0. The van der Waals surface area contributed by atoms with Gasteiger partial charge in [0.05, 0.1) is 4.92 Å². The van der Waals surface area contributed by atoms with Gasteiger partial charge in [-0.15, -0.1) is 0 Å². The molecule has 1 fully saturated rings. The number of amides is 1. The summed E-state index contributed by atoms with van der Waals surface area (Å²) >= 11 is 0. The number of aryl methyl sites for hydroxylation is 1. The molecule has 1 aromatic rings. The molecule has 0 bridgehead atoms. The molecule has 1 heterocycles. The van der Waals surface area contributed by atoms with E-state index in [1.807, 2.05) is 6.92 Å². The lowest BCUT2D eigenvalue weighted by Gasteiger charge is -2.24. The number of aliphatic hydroxyl groups excluding tert-OH is 1. The van der Waals surface area contributed by atoms with E-state index in [0.29, 0.717) is 13.0 Å². The molecule has 1 atom stereocenters. The number of hydrogen-bond donors (Lipinski definition) is 1. The highest BCUT2D eigenvalue weighted by molar-refractivity contribution is 5.98. The fourth-order valence-electron chi connectivity index (χ4n) is 2.87. The number of aliphatic hydroxyl groups is 1. The molecule has 0 saturated carbocycles. The van der Waals surface area contributed by atoms with Crippen LogP contribution in [0, 0.1) is 17.0 Å². The first-order valence-electron chi connectivity index (χ1n) is 7.21. The predicted molar refractivity (Wildman–Crippen MR) is 78.2 cm³/mol. The zero-order valence-corrected chi connectivity index (χ0v) is 12.1. The Labute approximate surface area is 123 Å². The standard InChI is InChI=1S/C15H20N2O4/c1-11-6-7-14(17(20)21)13(10-11)15(19)16-8-2-4-12(16)5-3-9-18/h6-7,10,12,18H,2-5,8-9H2,1H3. The largest absolute Gasteiger partial charge is 0.396 e. The monoisotopic (exact) mass is 292 g/mol. The van der Waals surface area contributed by atoms with Gasteiger partial charge < -0.3 is 10.0 Å². The molecule has 1 aromatic carbocycles. The van der Waals surface area contributed by atoms with Gasteiger partial charge in [-0.3, -0.25) is 14.9 Å². The number of benzene rings is 1. The van der Waals surface area contributed by atoms with Crippen molar-refractivity contribution in [2.45, 2.75) is 38.6 Å². The summed E-state index contributed by atoms with van der Waals surface area (Å²) in [4.78, 5) is 25.0. The van der Waals surface area contributed by atoms with Crippen molar-refractivity contribution in [3.8, 4) is 0 Å². The van der Waals surface area contributed by atoms with Crippen LogP contribution in [0.3, 0.4) is 0 Å². The Morgan fingerprint density at radius 3 is 2.95 bits per heavy atom. The van der Waals surface area contributed by atoms with Gasteiger partial charge in [0.2, 0.25) is 0 Å². The molecular weight excluding hydrogens is 272 g/mol. The van der Waals surface area contributed by atoms with Crippen LogP contribution in [0.2, 0.25) is 0 Å². The summed E-state index contributed by atoms with van der Waals surface area (Å²) in [5.74, 6) is -0.272. The topological polar surface area (TPSA) is 83.7 Å². The second-order valence-electron chi connectivity index (χ2n) is 5.44. The Balaban J connectivity index is 2.26. The molecule has 0 aliphatic carbocycles. The molecule has 6 heteroatoms. The Kier molecular flexibility index (Phi) is 4.90. The van der Waals surface area contributed by atoms with Crippen LogP contribution in [0.5, 0.6) is 0 Å². The molecule has 114 valence electrons. The van der Waals surface area contributed by atoms with E-state index in [1.165, 1.54) is 6.07 Å². The smallest absolute Gasteiger partial charge is 0.282 e. The summed E-state index contributed by atoms with van der Waals surface area (Å²) in [6.07, 6.45) is 3.18. The SMILES string of the molecule is Cc1ccc([N+](=O)[O-])c(C(=O)N2CCCC2CCCO)c1. The van der Waals surface area contributed by atoms with Crippen LogP contribution >= 0.6 is 0 Å². The van der Waals surface area contributed by atoms with Gasteiger partial charge in [0.15, 0.2) is 0 Å². The van der Waals surface area contributed by atoms with E-state index >= 15 is 0 Å². The summed E-state index contributed by atoms with van der Waals surface area (Å²) in [6, 6.07) is 4.69. The highest BCUT2D eigenvalue weighted by Crippen LogP contribution is 2.27. The van der Waals surface area contributed by atoms with Gasteiger partial charge in [-0.05, 0) is 44.2 Å². The fraction of sp³-hybridized carbons (Fsp3) is 0.533. The lowest BCUT2D eigenvalue weighted by molar-refractivity contribution is -0.385. The Morgan fingerprint density at radius 2 is 2.29 bits per heavy atom. The van der Waals surface area contributed by atoms with Crippen LogP contribution in [0.25, 0.3) is 0 Å². The molecule has 1 saturated heterocycles. The maximum Gasteiger partial charge on any atom is 0.282 e. The quantitative estimate of drug-likeness (QED) is 0.666. The number of hydrogen-bond acceptors (Lipinski definition) is 4. The van der Waals surface area contributed by atoms with E-state index in [0.717, 1.165) is 24.8 Å². The minimum Gasteiger partial charge on any atom is -0.396 e. The molecule has 21 heavy (non-hydrogen) atoms. The number of carbonyl (C=O) groups is 1. The van der Waals surface area contributed by atoms with Gasteiger partial charge in [-0.1, -0.05) is 6.07 Å². The van der Waals surface area contributed by atoms with E-state index in [1.54, 1.807) is 17.0 Å². The number of rotatable bonds is 5. The van der Waals surface area contributed by atoms with Crippen molar-refractivity contribution < 1.29 is 14.8 Å². The van der Waals surface area contributed by atoms with E-state index in [9.17, 15) is 14.9 Å². The molecule has 6 nitrogen and oxygen atoms in total. The maximum absolute atomic E-state index is 12.7. The summed E-state index contributed by atoms with van der Waals surface area (Å²) < 4.78 is 0. The predicted octanol–water partition coefficient (Wildman–Crippen LogP) is 2.28. The summed E-state index contributed by atoms with van der Waals surface area (Å²) in [7, 11) is 0. The minimum absolute atomic E-state index is 0.0739. The molecule has 1 aliphatic rings. The fourth-order valence-corrected chi connectivity index (χ4v) is 2.87. The average Bonchev–Trinajstić information content (AvgIpc) is 2.92. The van der Waals surface area contributed by atoms with Gasteiger partial charge >= 0.3 is 0 Å². The first-order valence-corrected chi connectivity index (χ1v) is 7.21. The van der Waals surface area contributed by atoms with Crippen LogP contribution < -0.4 is 0 Å². The van der Waals surface area contributed by atoms with Gasteiger partial charge in [-0.25, -0.2) is 0 Å². The van der Waals surface area contributed by atoms with Crippen molar-refractivity contribution in [3.63, 3.8) is 0 Å². The Morgan fingerprint density at radius 1 is 1.52 bits per heavy atom. The third kappa shape index (κ3) is 3.39. The molecular formula is C15H20N2O4. The Bertz CT molecular complexity index is 544. The number of carbonyl (C=O) groups excluding carboxylic acids is 1. The van der Waals surface area contributed by atoms with E-state index in [4.69, 9.17) is 5.11 Å². The van der Waals surface area contributed by atoms with Crippen molar-refractivity contribution in [3.05, 3.63) is 39.4 Å². The molecule has 2 rings (SSSR count). The summed E-state index contributed by atoms with van der Waals surface area (Å²) in [6.45, 7) is 2.54. The number of nitrogens with zero attached hydrogens (tertiary/aromatic N) is 2. The third-order valence-corrected chi connectivity index (χ3v) is 3.91. The lowest BCUT2D eigenvalue weighted by Crippen LogP contribution is -2.36. The molecule has 0 spiro atoms. The Hall–Kier alpha value is -1.95. The first kappa shape index (κ1) is 15.4. The van der Waals surface area contributed by atoms with Crippen molar-refractivity contribution in [1.82, 2.24) is 4.90 Å². The van der Waals surface area contributed by atoms with Crippen LogP contribution in [0.4, 0.5) is 5.69 Å². The summed E-state index contributed by atoms with van der Waals surface area (Å²) in [5.41, 5.74) is 0.851. The van der Waals surface area contributed by atoms with Gasteiger partial charge in [0.25, 0.3) is 11.6 Å². The maximum atomic E-state index is 12.7. The van der Waals surface area contributed by atoms with Crippen molar-refractivity contribution in [2.24, 2.45) is 0 Å². The second kappa shape index (κ2) is 6.67. The third-order valence-electron chi connectivity index (χ3n) is 3.91. The molecule has 1 N–H and O–H groups in total. The van der Waals surface area contributed by atoms with Gasteiger partial charge in [-0.2, -0.15) is 0 Å².